The number of hydrogen-bond donors (Lipinski definition) is 0. The van der Waals surface area contributed by atoms with Crippen LogP contribution in [0.4, 0.5) is 0 Å². The van der Waals surface area contributed by atoms with Crippen LogP contribution < -0.4 is 0 Å². The summed E-state index contributed by atoms with van der Waals surface area (Å²) in [6.45, 7) is 3.49. The summed E-state index contributed by atoms with van der Waals surface area (Å²) >= 11 is 1.44. The van der Waals surface area contributed by atoms with Gasteiger partial charge in [0.05, 0.1) is 11.3 Å². The minimum Gasteiger partial charge on any atom is -0.338 e. The lowest BCUT2D eigenvalue weighted by molar-refractivity contribution is -0.133. The van der Waals surface area contributed by atoms with E-state index in [1.807, 2.05) is 59.7 Å². The van der Waals surface area contributed by atoms with E-state index in [4.69, 9.17) is 4.52 Å². The van der Waals surface area contributed by atoms with Crippen molar-refractivity contribution in [1.29, 1.82) is 0 Å². The van der Waals surface area contributed by atoms with Crippen LogP contribution in [0.25, 0.3) is 11.5 Å². The first-order chi connectivity index (χ1) is 13.6. The van der Waals surface area contributed by atoms with Crippen LogP contribution in [0, 0.1) is 0 Å². The zero-order chi connectivity index (χ0) is 19.5. The van der Waals surface area contributed by atoms with Gasteiger partial charge in [0.2, 0.25) is 5.91 Å². The number of nitrogens with zero attached hydrogens (tertiary/aromatic N) is 4. The first-order valence-electron chi connectivity index (χ1n) is 9.12. The van der Waals surface area contributed by atoms with E-state index in [0.717, 1.165) is 10.4 Å². The molecule has 0 spiro atoms. The second-order valence-corrected chi connectivity index (χ2v) is 7.67. The van der Waals surface area contributed by atoms with Crippen molar-refractivity contribution >= 4 is 23.2 Å². The van der Waals surface area contributed by atoms with E-state index in [-0.39, 0.29) is 24.3 Å². The molecule has 0 saturated carbocycles. The molecule has 2 aromatic heterocycles. The van der Waals surface area contributed by atoms with Gasteiger partial charge in [-0.1, -0.05) is 29.4 Å². The monoisotopic (exact) mass is 396 g/mol. The van der Waals surface area contributed by atoms with Gasteiger partial charge in [-0.05, 0) is 30.5 Å². The van der Waals surface area contributed by atoms with Crippen LogP contribution in [0.1, 0.15) is 22.4 Å². The zero-order valence-corrected chi connectivity index (χ0v) is 16.3. The molecule has 2 amide bonds. The van der Waals surface area contributed by atoms with Crippen LogP contribution >= 0.6 is 11.3 Å². The number of aromatic nitrogens is 2. The number of benzene rings is 1. The topological polar surface area (TPSA) is 79.5 Å². The number of carbonyl (C=O) groups excluding carboxylic acids is 2. The third-order valence-corrected chi connectivity index (χ3v) is 5.63. The van der Waals surface area contributed by atoms with Gasteiger partial charge in [0, 0.05) is 31.2 Å². The molecule has 0 bridgehead atoms. The Balaban J connectivity index is 1.36. The van der Waals surface area contributed by atoms with Crippen LogP contribution in [-0.2, 0) is 11.2 Å². The molecule has 8 heteroatoms. The highest BCUT2D eigenvalue weighted by Crippen LogP contribution is 2.19. The molecule has 3 aromatic rings. The van der Waals surface area contributed by atoms with Crippen molar-refractivity contribution in [2.75, 3.05) is 19.6 Å². The summed E-state index contributed by atoms with van der Waals surface area (Å²) in [6.07, 6.45) is 0.0852. The Kier molecular flexibility index (Phi) is 5.21. The van der Waals surface area contributed by atoms with Crippen molar-refractivity contribution in [3.63, 3.8) is 0 Å². The summed E-state index contributed by atoms with van der Waals surface area (Å²) in [5.41, 5.74) is 0.822. The molecule has 7 nitrogen and oxygen atoms in total. The average molecular weight is 396 g/mol. The van der Waals surface area contributed by atoms with Gasteiger partial charge < -0.3 is 14.3 Å². The number of amides is 2. The predicted octanol–water partition coefficient (Wildman–Crippen LogP) is 2.71. The fourth-order valence-electron chi connectivity index (χ4n) is 3.30. The maximum atomic E-state index is 12.7. The Morgan fingerprint density at radius 3 is 2.71 bits per heavy atom. The first-order valence-corrected chi connectivity index (χ1v) is 10.00. The maximum Gasteiger partial charge on any atom is 0.264 e. The molecular formula is C20H20N4O3S. The number of hydrogen-bond acceptors (Lipinski definition) is 6. The molecule has 4 rings (SSSR count). The number of rotatable bonds is 4. The maximum absolute atomic E-state index is 12.7. The Labute approximate surface area is 166 Å². The highest BCUT2D eigenvalue weighted by Gasteiger charge is 2.31. The Morgan fingerprint density at radius 2 is 2.00 bits per heavy atom. The van der Waals surface area contributed by atoms with Gasteiger partial charge in [-0.3, -0.25) is 9.59 Å². The summed E-state index contributed by atoms with van der Waals surface area (Å²) in [4.78, 5) is 33.9. The molecular weight excluding hydrogens is 376 g/mol. The third kappa shape index (κ3) is 3.82. The van der Waals surface area contributed by atoms with Gasteiger partial charge >= 0.3 is 0 Å². The molecule has 0 N–H and O–H groups in total. The van der Waals surface area contributed by atoms with Crippen molar-refractivity contribution < 1.29 is 14.1 Å². The highest BCUT2D eigenvalue weighted by atomic mass is 32.1. The van der Waals surface area contributed by atoms with E-state index < -0.39 is 0 Å². The first kappa shape index (κ1) is 18.4. The van der Waals surface area contributed by atoms with Crippen LogP contribution in [0.2, 0.25) is 0 Å². The van der Waals surface area contributed by atoms with Gasteiger partial charge in [-0.25, -0.2) is 0 Å². The van der Waals surface area contributed by atoms with E-state index in [9.17, 15) is 9.59 Å². The standard InChI is InChI=1S/C20H20N4O3S/c1-14-13-23(9-10-24(14)20(26)16-8-5-11-28-16)18(25)12-17-21-19(27-22-17)15-6-3-2-4-7-15/h2-8,11,14H,9-10,12-13H2,1H3/t14-/m1/s1. The highest BCUT2D eigenvalue weighted by molar-refractivity contribution is 7.12. The van der Waals surface area contributed by atoms with Crippen LogP contribution in [0.5, 0.6) is 0 Å². The SMILES string of the molecule is C[C@@H]1CN(C(=O)Cc2noc(-c3ccccc3)n2)CCN1C(=O)c1cccs1. The second-order valence-electron chi connectivity index (χ2n) is 6.72. The number of piperazine rings is 1. The molecule has 1 atom stereocenters. The molecule has 1 aliphatic rings. The van der Waals surface area contributed by atoms with E-state index in [1.54, 1.807) is 4.90 Å². The van der Waals surface area contributed by atoms with Gasteiger partial charge in [-0.15, -0.1) is 11.3 Å². The normalized spacial score (nSPS) is 17.0. The van der Waals surface area contributed by atoms with Gasteiger partial charge in [0.1, 0.15) is 0 Å². The summed E-state index contributed by atoms with van der Waals surface area (Å²) in [5.74, 6) is 0.743. The fraction of sp³-hybridized carbons (Fsp3) is 0.300. The van der Waals surface area contributed by atoms with E-state index in [0.29, 0.717) is 31.3 Å². The lowest BCUT2D eigenvalue weighted by Crippen LogP contribution is -2.55. The summed E-state index contributed by atoms with van der Waals surface area (Å²) in [6, 6.07) is 13.1. The summed E-state index contributed by atoms with van der Waals surface area (Å²) in [5, 5.41) is 5.82. The third-order valence-electron chi connectivity index (χ3n) is 4.77. The molecule has 3 heterocycles. The molecule has 1 fully saturated rings. The van der Waals surface area contributed by atoms with Crippen LogP contribution in [0.15, 0.2) is 52.4 Å². The Bertz CT molecular complexity index is 955. The fourth-order valence-corrected chi connectivity index (χ4v) is 3.98. The van der Waals surface area contributed by atoms with Gasteiger partial charge in [0.15, 0.2) is 5.82 Å². The minimum atomic E-state index is -0.0597. The lowest BCUT2D eigenvalue weighted by atomic mass is 10.1. The van der Waals surface area contributed by atoms with Gasteiger partial charge in [0.25, 0.3) is 11.8 Å². The summed E-state index contributed by atoms with van der Waals surface area (Å²) in [7, 11) is 0. The van der Waals surface area contributed by atoms with Crippen LogP contribution in [-0.4, -0.2) is 57.4 Å². The quantitative estimate of drug-likeness (QED) is 0.677. The van der Waals surface area contributed by atoms with E-state index in [2.05, 4.69) is 10.1 Å². The van der Waals surface area contributed by atoms with Crippen LogP contribution in [0.3, 0.4) is 0 Å². The van der Waals surface area contributed by atoms with Crippen molar-refractivity contribution in [3.8, 4) is 11.5 Å². The molecule has 1 aliphatic heterocycles. The van der Waals surface area contributed by atoms with E-state index >= 15 is 0 Å². The predicted molar refractivity (Wildman–Crippen MR) is 105 cm³/mol. The minimum absolute atomic E-state index is 0.0280. The molecule has 28 heavy (non-hydrogen) atoms. The Hall–Kier alpha value is -3.00. The molecule has 0 aliphatic carbocycles. The summed E-state index contributed by atoms with van der Waals surface area (Å²) < 4.78 is 5.27. The number of thiophene rings is 1. The van der Waals surface area contributed by atoms with Crippen molar-refractivity contribution in [2.24, 2.45) is 0 Å². The van der Waals surface area contributed by atoms with Crippen molar-refractivity contribution in [2.45, 2.75) is 19.4 Å². The number of carbonyl (C=O) groups is 2. The average Bonchev–Trinajstić information content (AvgIpc) is 3.40. The Morgan fingerprint density at radius 1 is 1.18 bits per heavy atom. The smallest absolute Gasteiger partial charge is 0.264 e. The largest absolute Gasteiger partial charge is 0.338 e. The van der Waals surface area contributed by atoms with Crippen molar-refractivity contribution in [1.82, 2.24) is 19.9 Å². The van der Waals surface area contributed by atoms with E-state index in [1.165, 1.54) is 11.3 Å². The molecule has 144 valence electrons. The molecule has 1 saturated heterocycles. The van der Waals surface area contributed by atoms with Crippen molar-refractivity contribution in [3.05, 3.63) is 58.5 Å². The zero-order valence-electron chi connectivity index (χ0n) is 15.4. The second kappa shape index (κ2) is 7.93. The van der Waals surface area contributed by atoms with Gasteiger partial charge in [-0.2, -0.15) is 4.98 Å². The molecule has 0 radical (unpaired) electrons. The lowest BCUT2D eigenvalue weighted by Gasteiger charge is -2.39. The molecule has 0 unspecified atom stereocenters. The molecule has 1 aromatic carbocycles.